The van der Waals surface area contributed by atoms with Gasteiger partial charge in [-0.1, -0.05) is 30.3 Å². The van der Waals surface area contributed by atoms with Gasteiger partial charge in [0.15, 0.2) is 5.13 Å². The van der Waals surface area contributed by atoms with Gasteiger partial charge in [-0.05, 0) is 62.1 Å². The van der Waals surface area contributed by atoms with Crippen LogP contribution in [0.5, 0.6) is 0 Å². The quantitative estimate of drug-likeness (QED) is 0.341. The van der Waals surface area contributed by atoms with Crippen molar-refractivity contribution in [3.63, 3.8) is 0 Å². The van der Waals surface area contributed by atoms with Crippen LogP contribution in [-0.2, 0) is 22.2 Å². The van der Waals surface area contributed by atoms with E-state index in [1.807, 2.05) is 6.92 Å². The van der Waals surface area contributed by atoms with Crippen LogP contribution in [0, 0.1) is 0 Å². The minimum Gasteiger partial charge on any atom is -0.444 e. The molecule has 1 aliphatic heterocycles. The Morgan fingerprint density at radius 3 is 2.41 bits per heavy atom. The molecule has 0 bridgehead atoms. The van der Waals surface area contributed by atoms with Crippen LogP contribution in [0.15, 0.2) is 47.8 Å². The highest BCUT2D eigenvalue weighted by Crippen LogP contribution is 2.34. The molecule has 1 saturated heterocycles. The topological polar surface area (TPSA) is 92.8 Å². The van der Waals surface area contributed by atoms with Gasteiger partial charge in [0.25, 0.3) is 5.91 Å². The monoisotopic (exact) mass is 590 g/mol. The zero-order chi connectivity index (χ0) is 29.8. The number of carbonyl (C=O) groups excluding carboxylic acids is 2. The van der Waals surface area contributed by atoms with Crippen LogP contribution >= 0.6 is 11.3 Å². The average molecular weight is 591 g/mol. The largest absolute Gasteiger partial charge is 0.444 e. The Hall–Kier alpha value is -3.64. The lowest BCUT2D eigenvalue weighted by Crippen LogP contribution is -2.36. The van der Waals surface area contributed by atoms with E-state index in [1.54, 1.807) is 50.4 Å². The number of benzene rings is 2. The Kier molecular flexibility index (Phi) is 9.23. The van der Waals surface area contributed by atoms with E-state index < -0.39 is 23.4 Å². The van der Waals surface area contributed by atoms with Crippen LogP contribution in [0.3, 0.4) is 0 Å². The minimum absolute atomic E-state index is 0.0172. The number of hydrogen-bond donors (Lipinski definition) is 2. The number of thiazole rings is 1. The van der Waals surface area contributed by atoms with Gasteiger partial charge in [0.05, 0.1) is 24.8 Å². The highest BCUT2D eigenvalue weighted by molar-refractivity contribution is 7.13. The number of alkyl carbamates (subject to hydrolysis) is 1. The second-order valence-electron chi connectivity index (χ2n) is 10.7. The van der Waals surface area contributed by atoms with E-state index in [1.165, 1.54) is 17.4 Å². The zero-order valence-electron chi connectivity index (χ0n) is 23.3. The van der Waals surface area contributed by atoms with Crippen molar-refractivity contribution in [1.82, 2.24) is 15.6 Å². The summed E-state index contributed by atoms with van der Waals surface area (Å²) in [7, 11) is 0. The van der Waals surface area contributed by atoms with E-state index in [4.69, 9.17) is 9.47 Å². The molecule has 0 radical (unpaired) electrons. The number of rotatable bonds is 7. The number of morpholine rings is 1. The van der Waals surface area contributed by atoms with Crippen LogP contribution in [0.2, 0.25) is 0 Å². The van der Waals surface area contributed by atoms with Gasteiger partial charge in [-0.3, -0.25) is 4.79 Å². The van der Waals surface area contributed by atoms with Crippen LogP contribution in [0.4, 0.5) is 23.1 Å². The van der Waals surface area contributed by atoms with Gasteiger partial charge < -0.3 is 25.0 Å². The molecule has 0 spiro atoms. The summed E-state index contributed by atoms with van der Waals surface area (Å²) < 4.78 is 51.1. The highest BCUT2D eigenvalue weighted by Gasteiger charge is 2.31. The Bertz CT molecular complexity index is 1360. The molecule has 2 amide bonds. The molecule has 3 aromatic rings. The molecule has 1 aromatic heterocycles. The fourth-order valence-electron chi connectivity index (χ4n) is 4.23. The molecule has 12 heteroatoms. The lowest BCUT2D eigenvalue weighted by atomic mass is 9.95. The predicted octanol–water partition coefficient (Wildman–Crippen LogP) is 6.18. The van der Waals surface area contributed by atoms with Gasteiger partial charge in [-0.25, -0.2) is 9.78 Å². The van der Waals surface area contributed by atoms with Crippen molar-refractivity contribution in [3.8, 4) is 11.1 Å². The molecular formula is C29H33F3N4O4S. The number of nitrogens with zero attached hydrogens (tertiary/aromatic N) is 2. The standard InChI is InChI=1S/C29H33F3N4O4S/c1-18(34-25(37)24-17-41-26(35-24)36-11-13-39-14-12-36)19-5-7-20(8-6-19)23-15-22(29(30,31)32)10-9-21(23)16-33-27(38)40-28(2,3)4/h5-10,15,17-18H,11-14,16H2,1-4H3,(H,33,38)(H,34,37)/t18-/m1/s1. The highest BCUT2D eigenvalue weighted by atomic mass is 32.1. The third kappa shape index (κ3) is 8.20. The Labute approximate surface area is 240 Å². The maximum atomic E-state index is 13.5. The lowest BCUT2D eigenvalue weighted by Gasteiger charge is -2.26. The summed E-state index contributed by atoms with van der Waals surface area (Å²) in [6.07, 6.45) is -5.19. The molecule has 0 saturated carbocycles. The van der Waals surface area contributed by atoms with E-state index in [2.05, 4.69) is 20.5 Å². The van der Waals surface area contributed by atoms with Gasteiger partial charge >= 0.3 is 12.3 Å². The fourth-order valence-corrected chi connectivity index (χ4v) is 5.09. The van der Waals surface area contributed by atoms with Crippen molar-refractivity contribution in [3.05, 3.63) is 70.2 Å². The summed E-state index contributed by atoms with van der Waals surface area (Å²) >= 11 is 1.40. The van der Waals surface area contributed by atoms with E-state index in [-0.39, 0.29) is 18.5 Å². The molecule has 1 aliphatic rings. The second kappa shape index (κ2) is 12.5. The van der Waals surface area contributed by atoms with Crippen molar-refractivity contribution in [2.45, 2.75) is 52.1 Å². The van der Waals surface area contributed by atoms with Crippen molar-refractivity contribution >= 4 is 28.5 Å². The normalized spacial score (nSPS) is 14.9. The number of ether oxygens (including phenoxy) is 2. The first-order chi connectivity index (χ1) is 19.3. The van der Waals surface area contributed by atoms with Gasteiger partial charge in [-0.15, -0.1) is 11.3 Å². The second-order valence-corrected chi connectivity index (χ2v) is 11.5. The van der Waals surface area contributed by atoms with Crippen LogP contribution in [0.25, 0.3) is 11.1 Å². The molecule has 2 heterocycles. The van der Waals surface area contributed by atoms with Gasteiger partial charge in [-0.2, -0.15) is 13.2 Å². The SMILES string of the molecule is C[C@@H](NC(=O)c1csc(N2CCOCC2)n1)c1ccc(-c2cc(C(F)(F)F)ccc2CNC(=O)OC(C)(C)C)cc1. The van der Waals surface area contributed by atoms with Crippen LogP contribution in [-0.4, -0.2) is 48.9 Å². The summed E-state index contributed by atoms with van der Waals surface area (Å²) in [6.45, 7) is 9.66. The maximum absolute atomic E-state index is 13.5. The van der Waals surface area contributed by atoms with Crippen molar-refractivity contribution in [2.24, 2.45) is 0 Å². The number of alkyl halides is 3. The molecule has 220 valence electrons. The van der Waals surface area contributed by atoms with Gasteiger partial charge in [0.2, 0.25) is 0 Å². The maximum Gasteiger partial charge on any atom is 0.416 e. The third-order valence-corrected chi connectivity index (χ3v) is 7.24. The number of aromatic nitrogens is 1. The van der Waals surface area contributed by atoms with Crippen molar-refractivity contribution in [2.75, 3.05) is 31.2 Å². The van der Waals surface area contributed by atoms with E-state index >= 15 is 0 Å². The fraction of sp³-hybridized carbons (Fsp3) is 0.414. The molecule has 4 rings (SSSR count). The molecule has 8 nitrogen and oxygen atoms in total. The molecule has 2 N–H and O–H groups in total. The molecule has 1 atom stereocenters. The third-order valence-electron chi connectivity index (χ3n) is 6.33. The number of nitrogens with one attached hydrogen (secondary N) is 2. The Morgan fingerprint density at radius 2 is 1.78 bits per heavy atom. The molecule has 0 unspecified atom stereocenters. The summed E-state index contributed by atoms with van der Waals surface area (Å²) in [4.78, 5) is 31.5. The molecule has 41 heavy (non-hydrogen) atoms. The van der Waals surface area contributed by atoms with Gasteiger partial charge in [0, 0.05) is 25.0 Å². The first-order valence-corrected chi connectivity index (χ1v) is 14.0. The number of carbonyl (C=O) groups is 2. The average Bonchev–Trinajstić information content (AvgIpc) is 3.42. The van der Waals surface area contributed by atoms with Crippen LogP contribution in [0.1, 0.15) is 60.9 Å². The smallest absolute Gasteiger partial charge is 0.416 e. The summed E-state index contributed by atoms with van der Waals surface area (Å²) in [5.41, 5.74) is 0.957. The molecular weight excluding hydrogens is 557 g/mol. The van der Waals surface area contributed by atoms with Crippen LogP contribution < -0.4 is 15.5 Å². The number of hydrogen-bond acceptors (Lipinski definition) is 7. The number of amides is 2. The predicted molar refractivity (Wildman–Crippen MR) is 151 cm³/mol. The summed E-state index contributed by atoms with van der Waals surface area (Å²) in [5.74, 6) is -0.314. The summed E-state index contributed by atoms with van der Waals surface area (Å²) in [5, 5.41) is 8.03. The van der Waals surface area contributed by atoms with Crippen molar-refractivity contribution < 1.29 is 32.2 Å². The minimum atomic E-state index is -4.53. The van der Waals surface area contributed by atoms with Crippen molar-refractivity contribution in [1.29, 1.82) is 0 Å². The lowest BCUT2D eigenvalue weighted by molar-refractivity contribution is -0.137. The first kappa shape index (κ1) is 30.3. The Morgan fingerprint density at radius 1 is 1.10 bits per heavy atom. The number of halogens is 3. The summed E-state index contributed by atoms with van der Waals surface area (Å²) in [6, 6.07) is 9.95. The van der Waals surface area contributed by atoms with E-state index in [0.29, 0.717) is 35.6 Å². The Balaban J connectivity index is 1.48. The zero-order valence-corrected chi connectivity index (χ0v) is 24.1. The van der Waals surface area contributed by atoms with E-state index in [9.17, 15) is 22.8 Å². The number of anilines is 1. The van der Waals surface area contributed by atoms with Gasteiger partial charge in [0.1, 0.15) is 11.3 Å². The first-order valence-electron chi connectivity index (χ1n) is 13.2. The molecule has 1 fully saturated rings. The van der Waals surface area contributed by atoms with E-state index in [0.717, 1.165) is 35.9 Å². The molecule has 2 aromatic carbocycles. The molecule has 0 aliphatic carbocycles.